The molecule has 3 atom stereocenters. The molecule has 0 saturated heterocycles. The summed E-state index contributed by atoms with van der Waals surface area (Å²) >= 11 is 1.98. The molecule has 0 aromatic carbocycles. The molecule has 1 aliphatic rings. The number of nitrogens with one attached hydrogen (secondary N) is 1. The molecule has 1 saturated carbocycles. The van der Waals surface area contributed by atoms with Gasteiger partial charge in [0.2, 0.25) is 0 Å². The van der Waals surface area contributed by atoms with Gasteiger partial charge in [-0.3, -0.25) is 0 Å². The van der Waals surface area contributed by atoms with Crippen molar-refractivity contribution in [3.63, 3.8) is 0 Å². The van der Waals surface area contributed by atoms with Gasteiger partial charge in [0, 0.05) is 6.04 Å². The summed E-state index contributed by atoms with van der Waals surface area (Å²) in [7, 11) is 2.14. The van der Waals surface area contributed by atoms with E-state index in [2.05, 4.69) is 25.5 Å². The summed E-state index contributed by atoms with van der Waals surface area (Å²) in [6, 6.07) is 0.770. The third-order valence-corrected chi connectivity index (χ3v) is 4.62. The van der Waals surface area contributed by atoms with Crippen molar-refractivity contribution in [1.29, 1.82) is 0 Å². The molecule has 0 heterocycles. The van der Waals surface area contributed by atoms with E-state index in [1.807, 2.05) is 11.8 Å². The number of hydrogen-bond acceptors (Lipinski definition) is 2. The number of thioether (sulfide) groups is 1. The normalized spacial score (nSPS) is 29.0. The lowest BCUT2D eigenvalue weighted by Crippen LogP contribution is -2.36. The van der Waals surface area contributed by atoms with Crippen LogP contribution in [0.2, 0.25) is 0 Å². The highest BCUT2D eigenvalue weighted by Crippen LogP contribution is 2.33. The first-order chi connectivity index (χ1) is 7.31. The fraction of sp³-hybridized carbons (Fsp3) is 1.00. The maximum Gasteiger partial charge on any atom is 0.0100 e. The van der Waals surface area contributed by atoms with Gasteiger partial charge in [-0.2, -0.15) is 11.8 Å². The second kappa shape index (κ2) is 7.56. The highest BCUT2D eigenvalue weighted by atomic mass is 32.2. The minimum atomic E-state index is 0.770. The van der Waals surface area contributed by atoms with E-state index in [-0.39, 0.29) is 0 Å². The van der Waals surface area contributed by atoms with Crippen LogP contribution in [0.1, 0.15) is 45.4 Å². The summed E-state index contributed by atoms with van der Waals surface area (Å²) in [6.07, 6.45) is 10.8. The molecule has 2 heteroatoms. The third kappa shape index (κ3) is 4.36. The van der Waals surface area contributed by atoms with Crippen molar-refractivity contribution in [3.8, 4) is 0 Å². The molecule has 15 heavy (non-hydrogen) atoms. The standard InChI is InChI=1S/C13H27NS/c1-4-11-6-5-7-12(10-11)13(14-2)8-9-15-3/h11-14H,4-10H2,1-3H3. The molecular weight excluding hydrogens is 202 g/mol. The van der Waals surface area contributed by atoms with Crippen LogP contribution < -0.4 is 5.32 Å². The van der Waals surface area contributed by atoms with E-state index < -0.39 is 0 Å². The van der Waals surface area contributed by atoms with Crippen LogP contribution in [0.3, 0.4) is 0 Å². The first-order valence-corrected chi connectivity index (χ1v) is 7.87. The zero-order valence-electron chi connectivity index (χ0n) is 10.6. The zero-order chi connectivity index (χ0) is 11.1. The van der Waals surface area contributed by atoms with Crippen molar-refractivity contribution in [3.05, 3.63) is 0 Å². The summed E-state index contributed by atoms with van der Waals surface area (Å²) in [5.41, 5.74) is 0. The quantitative estimate of drug-likeness (QED) is 0.747. The topological polar surface area (TPSA) is 12.0 Å². The molecule has 1 N–H and O–H groups in total. The van der Waals surface area contributed by atoms with Crippen molar-refractivity contribution in [2.45, 2.75) is 51.5 Å². The predicted octanol–water partition coefficient (Wildman–Crippen LogP) is 3.54. The Morgan fingerprint density at radius 2 is 2.20 bits per heavy atom. The van der Waals surface area contributed by atoms with Gasteiger partial charge in [-0.05, 0) is 50.2 Å². The molecule has 1 fully saturated rings. The van der Waals surface area contributed by atoms with Gasteiger partial charge in [0.05, 0.1) is 0 Å². The van der Waals surface area contributed by atoms with E-state index in [1.165, 1.54) is 44.3 Å². The number of rotatable bonds is 6. The summed E-state index contributed by atoms with van der Waals surface area (Å²) < 4.78 is 0. The van der Waals surface area contributed by atoms with Crippen molar-refractivity contribution in [2.75, 3.05) is 19.1 Å². The van der Waals surface area contributed by atoms with E-state index in [4.69, 9.17) is 0 Å². The lowest BCUT2D eigenvalue weighted by atomic mass is 9.76. The Balaban J connectivity index is 2.37. The lowest BCUT2D eigenvalue weighted by molar-refractivity contribution is 0.211. The minimum Gasteiger partial charge on any atom is -0.317 e. The highest BCUT2D eigenvalue weighted by molar-refractivity contribution is 7.98. The van der Waals surface area contributed by atoms with Crippen molar-refractivity contribution in [1.82, 2.24) is 5.32 Å². The second-order valence-corrected chi connectivity index (χ2v) is 5.86. The average Bonchev–Trinajstić information content (AvgIpc) is 2.30. The van der Waals surface area contributed by atoms with Gasteiger partial charge >= 0.3 is 0 Å². The smallest absolute Gasteiger partial charge is 0.0100 e. The molecule has 3 unspecified atom stereocenters. The van der Waals surface area contributed by atoms with Gasteiger partial charge in [-0.15, -0.1) is 0 Å². The van der Waals surface area contributed by atoms with Gasteiger partial charge in [-0.25, -0.2) is 0 Å². The fourth-order valence-electron chi connectivity index (χ4n) is 2.93. The van der Waals surface area contributed by atoms with Crippen LogP contribution in [0, 0.1) is 11.8 Å². The van der Waals surface area contributed by atoms with Crippen LogP contribution in [0.25, 0.3) is 0 Å². The van der Waals surface area contributed by atoms with E-state index >= 15 is 0 Å². The summed E-state index contributed by atoms with van der Waals surface area (Å²) in [5.74, 6) is 3.26. The Labute approximate surface area is 99.8 Å². The van der Waals surface area contributed by atoms with Crippen LogP contribution >= 0.6 is 11.8 Å². The van der Waals surface area contributed by atoms with E-state index in [9.17, 15) is 0 Å². The van der Waals surface area contributed by atoms with Crippen molar-refractivity contribution < 1.29 is 0 Å². The van der Waals surface area contributed by atoms with Crippen LogP contribution in [0.15, 0.2) is 0 Å². The predicted molar refractivity (Wildman–Crippen MR) is 71.6 cm³/mol. The lowest BCUT2D eigenvalue weighted by Gasteiger charge is -2.34. The van der Waals surface area contributed by atoms with Crippen LogP contribution in [0.5, 0.6) is 0 Å². The highest BCUT2D eigenvalue weighted by Gasteiger charge is 2.26. The zero-order valence-corrected chi connectivity index (χ0v) is 11.4. The summed E-state index contributed by atoms with van der Waals surface area (Å²) in [4.78, 5) is 0. The van der Waals surface area contributed by atoms with Crippen LogP contribution in [0.4, 0.5) is 0 Å². The second-order valence-electron chi connectivity index (χ2n) is 4.88. The minimum absolute atomic E-state index is 0.770. The van der Waals surface area contributed by atoms with Crippen LogP contribution in [-0.4, -0.2) is 25.1 Å². The Kier molecular flexibility index (Phi) is 6.74. The fourth-order valence-corrected chi connectivity index (χ4v) is 3.42. The molecule has 0 spiro atoms. The summed E-state index contributed by atoms with van der Waals surface area (Å²) in [5, 5.41) is 3.54. The monoisotopic (exact) mass is 229 g/mol. The third-order valence-electron chi connectivity index (χ3n) is 3.97. The van der Waals surface area contributed by atoms with Gasteiger partial charge in [-0.1, -0.05) is 26.2 Å². The molecule has 0 radical (unpaired) electrons. The molecule has 90 valence electrons. The molecule has 0 aromatic rings. The first kappa shape index (κ1) is 13.4. The molecule has 1 aliphatic carbocycles. The van der Waals surface area contributed by atoms with E-state index in [0.29, 0.717) is 0 Å². The maximum absolute atomic E-state index is 3.54. The SMILES string of the molecule is CCC1CCCC(C(CCSC)NC)C1. The Hall–Kier alpha value is 0.310. The first-order valence-electron chi connectivity index (χ1n) is 6.48. The van der Waals surface area contributed by atoms with Crippen molar-refractivity contribution in [2.24, 2.45) is 11.8 Å². The summed E-state index contributed by atoms with van der Waals surface area (Å²) in [6.45, 7) is 2.35. The van der Waals surface area contributed by atoms with Crippen LogP contribution in [-0.2, 0) is 0 Å². The molecule has 0 aromatic heterocycles. The molecule has 0 aliphatic heterocycles. The largest absolute Gasteiger partial charge is 0.317 e. The Morgan fingerprint density at radius 1 is 1.40 bits per heavy atom. The van der Waals surface area contributed by atoms with Gasteiger partial charge in [0.1, 0.15) is 0 Å². The molecule has 0 amide bonds. The van der Waals surface area contributed by atoms with E-state index in [1.54, 1.807) is 0 Å². The average molecular weight is 229 g/mol. The maximum atomic E-state index is 3.54. The van der Waals surface area contributed by atoms with E-state index in [0.717, 1.165) is 17.9 Å². The van der Waals surface area contributed by atoms with Gasteiger partial charge in [0.15, 0.2) is 0 Å². The molecular formula is C13H27NS. The molecule has 1 nitrogen and oxygen atoms in total. The number of hydrogen-bond donors (Lipinski definition) is 1. The molecule has 0 bridgehead atoms. The molecule has 1 rings (SSSR count). The van der Waals surface area contributed by atoms with Gasteiger partial charge in [0.25, 0.3) is 0 Å². The van der Waals surface area contributed by atoms with Gasteiger partial charge < -0.3 is 5.32 Å². The Bertz CT molecular complexity index is 161. The Morgan fingerprint density at radius 3 is 2.80 bits per heavy atom. The van der Waals surface area contributed by atoms with Crippen molar-refractivity contribution >= 4 is 11.8 Å².